The topological polar surface area (TPSA) is 86.8 Å². The van der Waals surface area contributed by atoms with Gasteiger partial charge in [0, 0.05) is 17.1 Å². The summed E-state index contributed by atoms with van der Waals surface area (Å²) in [5.74, 6) is 0.0840. The summed E-state index contributed by atoms with van der Waals surface area (Å²) in [7, 11) is 3.05. The summed E-state index contributed by atoms with van der Waals surface area (Å²) >= 11 is 0. The Morgan fingerprint density at radius 3 is 2.62 bits per heavy atom. The molecule has 7 nitrogen and oxygen atoms in total. The molecule has 0 bridgehead atoms. The van der Waals surface area contributed by atoms with Gasteiger partial charge in [0.1, 0.15) is 11.5 Å². The van der Waals surface area contributed by atoms with Crippen molar-refractivity contribution in [2.45, 2.75) is 32.6 Å². The number of anilines is 1. The molecule has 32 heavy (non-hydrogen) atoms. The molecular weight excluding hydrogens is 408 g/mol. The van der Waals surface area contributed by atoms with E-state index in [2.05, 4.69) is 5.32 Å². The summed E-state index contributed by atoms with van der Waals surface area (Å²) in [6.45, 7) is 1.56. The lowest BCUT2D eigenvalue weighted by Crippen LogP contribution is -2.23. The molecule has 1 amide bonds. The maximum absolute atomic E-state index is 13.1. The second kappa shape index (κ2) is 9.26. The quantitative estimate of drug-likeness (QED) is 0.584. The third kappa shape index (κ3) is 4.37. The van der Waals surface area contributed by atoms with E-state index in [1.54, 1.807) is 18.2 Å². The Morgan fingerprint density at radius 2 is 1.84 bits per heavy atom. The fourth-order valence-corrected chi connectivity index (χ4v) is 4.07. The minimum atomic E-state index is -0.506. The second-order valence-corrected chi connectivity index (χ2v) is 7.83. The number of ether oxygens (including phenoxy) is 3. The van der Waals surface area contributed by atoms with Crippen molar-refractivity contribution < 1.29 is 23.8 Å². The monoisotopic (exact) mass is 434 g/mol. The lowest BCUT2D eigenvalue weighted by Gasteiger charge is -2.20. The number of aryl methyl sites for hydroxylation is 2. The molecule has 0 saturated carbocycles. The maximum Gasteiger partial charge on any atom is 0.339 e. The number of rotatable bonds is 6. The Kier molecular flexibility index (Phi) is 6.25. The molecule has 2 aromatic carbocycles. The van der Waals surface area contributed by atoms with Crippen LogP contribution in [0.1, 0.15) is 40.0 Å². The molecule has 0 radical (unpaired) electrons. The van der Waals surface area contributed by atoms with Crippen LogP contribution in [-0.4, -0.2) is 37.7 Å². The number of hydrogen-bond acceptors (Lipinski definition) is 6. The molecule has 1 aromatic heterocycles. The number of aromatic nitrogens is 1. The highest BCUT2D eigenvalue weighted by atomic mass is 16.5. The third-order valence-corrected chi connectivity index (χ3v) is 5.64. The summed E-state index contributed by atoms with van der Waals surface area (Å²) in [5, 5.41) is 3.49. The van der Waals surface area contributed by atoms with Crippen LogP contribution in [0.25, 0.3) is 10.9 Å². The van der Waals surface area contributed by atoms with Gasteiger partial charge in [-0.2, -0.15) is 0 Å². The molecule has 1 aliphatic rings. The molecule has 1 heterocycles. The van der Waals surface area contributed by atoms with Gasteiger partial charge >= 0.3 is 5.97 Å². The second-order valence-electron chi connectivity index (χ2n) is 7.83. The molecule has 166 valence electrons. The highest BCUT2D eigenvalue weighted by Crippen LogP contribution is 2.31. The molecule has 0 spiro atoms. The zero-order chi connectivity index (χ0) is 22.7. The Hall–Kier alpha value is -3.61. The molecule has 0 aliphatic heterocycles. The lowest BCUT2D eigenvalue weighted by atomic mass is 9.89. The average Bonchev–Trinajstić information content (AvgIpc) is 2.81. The smallest absolute Gasteiger partial charge is 0.339 e. The lowest BCUT2D eigenvalue weighted by molar-refractivity contribution is -0.119. The van der Waals surface area contributed by atoms with Crippen molar-refractivity contribution >= 4 is 28.5 Å². The van der Waals surface area contributed by atoms with Crippen LogP contribution >= 0.6 is 0 Å². The molecule has 0 unspecified atom stereocenters. The van der Waals surface area contributed by atoms with E-state index in [4.69, 9.17) is 19.2 Å². The van der Waals surface area contributed by atoms with Crippen LogP contribution in [0, 0.1) is 6.92 Å². The number of methoxy groups -OCH3 is 2. The number of benzene rings is 2. The molecule has 4 rings (SSSR count). The standard InChI is InChI=1S/C25H26N2O5/c1-15-8-10-20-18(12-15)24(17-6-4-5-7-19(17)26-20)25(29)32-14-23(28)27-21-13-16(30-2)9-11-22(21)31-3/h8-13H,4-7,14H2,1-3H3,(H,27,28). The van der Waals surface area contributed by atoms with Crippen LogP contribution in [0.4, 0.5) is 5.69 Å². The van der Waals surface area contributed by atoms with Crippen LogP contribution in [0.15, 0.2) is 36.4 Å². The molecule has 0 atom stereocenters. The number of nitrogens with one attached hydrogen (secondary N) is 1. The van der Waals surface area contributed by atoms with Gasteiger partial charge in [-0.3, -0.25) is 9.78 Å². The van der Waals surface area contributed by atoms with Crippen LogP contribution in [0.2, 0.25) is 0 Å². The summed E-state index contributed by atoms with van der Waals surface area (Å²) in [4.78, 5) is 30.4. The van der Waals surface area contributed by atoms with Gasteiger partial charge in [-0.25, -0.2) is 4.79 Å². The third-order valence-electron chi connectivity index (χ3n) is 5.64. The highest BCUT2D eigenvalue weighted by molar-refractivity contribution is 6.06. The van der Waals surface area contributed by atoms with E-state index in [0.29, 0.717) is 22.7 Å². The molecule has 3 aromatic rings. The first-order valence-electron chi connectivity index (χ1n) is 10.6. The van der Waals surface area contributed by atoms with Gasteiger partial charge < -0.3 is 19.5 Å². The van der Waals surface area contributed by atoms with Gasteiger partial charge in [-0.05, 0) is 62.4 Å². The van der Waals surface area contributed by atoms with E-state index in [1.165, 1.54) is 14.2 Å². The number of carbonyl (C=O) groups is 2. The number of hydrogen-bond donors (Lipinski definition) is 1. The van der Waals surface area contributed by atoms with E-state index in [1.807, 2.05) is 25.1 Å². The normalized spacial score (nSPS) is 12.7. The predicted molar refractivity (Wildman–Crippen MR) is 122 cm³/mol. The SMILES string of the molecule is COc1ccc(OC)c(NC(=O)COC(=O)c2c3c(nc4ccc(C)cc24)CCCC3)c1. The van der Waals surface area contributed by atoms with E-state index < -0.39 is 18.5 Å². The van der Waals surface area contributed by atoms with E-state index >= 15 is 0 Å². The number of fused-ring (bicyclic) bond motifs is 2. The van der Waals surface area contributed by atoms with E-state index in [-0.39, 0.29) is 0 Å². The van der Waals surface area contributed by atoms with Crippen LogP contribution < -0.4 is 14.8 Å². The zero-order valence-electron chi connectivity index (χ0n) is 18.5. The highest BCUT2D eigenvalue weighted by Gasteiger charge is 2.24. The van der Waals surface area contributed by atoms with Crippen molar-refractivity contribution in [1.29, 1.82) is 0 Å². The first kappa shape index (κ1) is 21.6. The van der Waals surface area contributed by atoms with E-state index in [0.717, 1.165) is 53.4 Å². The van der Waals surface area contributed by atoms with E-state index in [9.17, 15) is 9.59 Å². The van der Waals surface area contributed by atoms with Crippen molar-refractivity contribution in [3.05, 3.63) is 58.8 Å². The Morgan fingerprint density at radius 1 is 1.03 bits per heavy atom. The van der Waals surface area contributed by atoms with Gasteiger partial charge in [0.2, 0.25) is 0 Å². The summed E-state index contributed by atoms with van der Waals surface area (Å²) in [6, 6.07) is 10.9. The molecule has 7 heteroatoms. The minimum Gasteiger partial charge on any atom is -0.497 e. The molecule has 1 N–H and O–H groups in total. The fourth-order valence-electron chi connectivity index (χ4n) is 4.07. The largest absolute Gasteiger partial charge is 0.497 e. The summed E-state index contributed by atoms with van der Waals surface area (Å²) in [6.07, 6.45) is 3.68. The van der Waals surface area contributed by atoms with Gasteiger partial charge in [0.05, 0.1) is 31.0 Å². The summed E-state index contributed by atoms with van der Waals surface area (Å²) < 4.78 is 15.9. The number of amides is 1. The number of esters is 1. The van der Waals surface area contributed by atoms with Gasteiger partial charge in [0.25, 0.3) is 5.91 Å². The van der Waals surface area contributed by atoms with Crippen LogP contribution in [-0.2, 0) is 22.4 Å². The Balaban J connectivity index is 1.56. The maximum atomic E-state index is 13.1. The fraction of sp³-hybridized carbons (Fsp3) is 0.320. The first-order valence-corrected chi connectivity index (χ1v) is 10.6. The van der Waals surface area contributed by atoms with Crippen LogP contribution in [0.3, 0.4) is 0 Å². The van der Waals surface area contributed by atoms with Gasteiger partial charge in [-0.15, -0.1) is 0 Å². The van der Waals surface area contributed by atoms with Crippen LogP contribution in [0.5, 0.6) is 11.5 Å². The molecule has 0 saturated heterocycles. The summed E-state index contributed by atoms with van der Waals surface area (Å²) in [5.41, 5.74) is 4.66. The molecule has 0 fully saturated rings. The first-order chi connectivity index (χ1) is 15.5. The van der Waals surface area contributed by atoms with Crippen molar-refractivity contribution in [3.63, 3.8) is 0 Å². The number of nitrogens with zero attached hydrogens (tertiary/aromatic N) is 1. The number of pyridine rings is 1. The Labute approximate surface area is 186 Å². The van der Waals surface area contributed by atoms with Crippen molar-refractivity contribution in [3.8, 4) is 11.5 Å². The van der Waals surface area contributed by atoms with Crippen molar-refractivity contribution in [1.82, 2.24) is 4.98 Å². The van der Waals surface area contributed by atoms with Crippen molar-refractivity contribution in [2.24, 2.45) is 0 Å². The predicted octanol–water partition coefficient (Wildman–Crippen LogP) is 4.23. The van der Waals surface area contributed by atoms with Gasteiger partial charge in [-0.1, -0.05) is 11.6 Å². The zero-order valence-corrected chi connectivity index (χ0v) is 18.5. The molecular formula is C25H26N2O5. The minimum absolute atomic E-state index is 0.413. The molecule has 1 aliphatic carbocycles. The average molecular weight is 434 g/mol. The number of carbonyl (C=O) groups excluding carboxylic acids is 2. The van der Waals surface area contributed by atoms with Crippen molar-refractivity contribution in [2.75, 3.05) is 26.1 Å². The van der Waals surface area contributed by atoms with Gasteiger partial charge in [0.15, 0.2) is 6.61 Å². The Bertz CT molecular complexity index is 1190.